The molecule has 0 saturated carbocycles. The second kappa shape index (κ2) is 5.89. The average molecular weight is 292 g/mol. The Bertz CT molecular complexity index is 542. The van der Waals surface area contributed by atoms with Crippen molar-refractivity contribution in [3.8, 4) is 0 Å². The van der Waals surface area contributed by atoms with Crippen LogP contribution in [-0.4, -0.2) is 48.2 Å². The smallest absolute Gasteiger partial charge is 0.172 e. The quantitative estimate of drug-likeness (QED) is 0.384. The van der Waals surface area contributed by atoms with Crippen LogP contribution in [0.1, 0.15) is 24.8 Å². The number of anilines is 1. The van der Waals surface area contributed by atoms with Gasteiger partial charge in [-0.25, -0.2) is 4.39 Å². The normalized spacial score (nSPS) is 24.0. The molecule has 0 bridgehead atoms. The molecule has 0 aromatic heterocycles. The Balaban J connectivity index is 1.81. The minimum Gasteiger partial charge on any atom is -0.409 e. The van der Waals surface area contributed by atoms with Gasteiger partial charge in [-0.3, -0.25) is 4.90 Å². The first-order valence-electron chi connectivity index (χ1n) is 7.45. The monoisotopic (exact) mass is 292 g/mol. The van der Waals surface area contributed by atoms with Crippen molar-refractivity contribution in [3.63, 3.8) is 0 Å². The Morgan fingerprint density at radius 2 is 2.05 bits per heavy atom. The van der Waals surface area contributed by atoms with E-state index in [0.717, 1.165) is 25.2 Å². The molecule has 2 saturated heterocycles. The van der Waals surface area contributed by atoms with E-state index < -0.39 is 0 Å². The minimum atomic E-state index is -0.379. The van der Waals surface area contributed by atoms with Gasteiger partial charge in [0, 0.05) is 30.4 Å². The summed E-state index contributed by atoms with van der Waals surface area (Å²) in [6.07, 6.45) is 3.66. The molecule has 0 spiro atoms. The molecule has 21 heavy (non-hydrogen) atoms. The van der Waals surface area contributed by atoms with Gasteiger partial charge >= 0.3 is 0 Å². The van der Waals surface area contributed by atoms with Crippen molar-refractivity contribution < 1.29 is 9.60 Å². The van der Waals surface area contributed by atoms with E-state index in [1.165, 1.54) is 38.1 Å². The van der Waals surface area contributed by atoms with E-state index in [4.69, 9.17) is 10.9 Å². The number of likely N-dealkylation sites (tertiary alicyclic amines) is 1. The van der Waals surface area contributed by atoms with Gasteiger partial charge in [-0.1, -0.05) is 5.16 Å². The first-order chi connectivity index (χ1) is 10.2. The number of halogens is 1. The summed E-state index contributed by atoms with van der Waals surface area (Å²) in [4.78, 5) is 4.74. The largest absolute Gasteiger partial charge is 0.409 e. The Labute approximate surface area is 123 Å². The summed E-state index contributed by atoms with van der Waals surface area (Å²) in [7, 11) is 0. The van der Waals surface area contributed by atoms with Crippen LogP contribution in [0.15, 0.2) is 23.4 Å². The Kier molecular flexibility index (Phi) is 3.96. The van der Waals surface area contributed by atoms with E-state index in [-0.39, 0.29) is 11.7 Å². The maximum Gasteiger partial charge on any atom is 0.172 e. The third-order valence-electron chi connectivity index (χ3n) is 4.50. The van der Waals surface area contributed by atoms with Crippen molar-refractivity contribution in [2.24, 2.45) is 10.9 Å². The highest BCUT2D eigenvalue weighted by atomic mass is 19.1. The van der Waals surface area contributed by atoms with Crippen LogP contribution in [0.4, 0.5) is 10.1 Å². The fraction of sp³-hybridized carbons (Fsp3) is 0.533. The highest BCUT2D eigenvalue weighted by Crippen LogP contribution is 2.28. The molecule has 1 atom stereocenters. The number of amidine groups is 1. The molecule has 0 radical (unpaired) electrons. The fourth-order valence-electron chi connectivity index (χ4n) is 3.41. The highest BCUT2D eigenvalue weighted by molar-refractivity contribution is 6.02. The van der Waals surface area contributed by atoms with Gasteiger partial charge < -0.3 is 15.8 Å². The first kappa shape index (κ1) is 14.1. The van der Waals surface area contributed by atoms with Crippen LogP contribution >= 0.6 is 0 Å². The summed E-state index contributed by atoms with van der Waals surface area (Å²) in [5.74, 6) is -0.426. The maximum atomic E-state index is 13.4. The summed E-state index contributed by atoms with van der Waals surface area (Å²) < 4.78 is 13.4. The summed E-state index contributed by atoms with van der Waals surface area (Å²) in [6.45, 7) is 4.18. The lowest BCUT2D eigenvalue weighted by molar-refractivity contribution is 0.260. The van der Waals surface area contributed by atoms with Gasteiger partial charge in [-0.2, -0.15) is 0 Å². The average Bonchev–Trinajstić information content (AvgIpc) is 3.16. The molecule has 2 aliphatic heterocycles. The van der Waals surface area contributed by atoms with Gasteiger partial charge in [-0.15, -0.1) is 0 Å². The lowest BCUT2D eigenvalue weighted by Crippen LogP contribution is -2.35. The standard InChI is InChI=1S/C15H21FN4O/c16-11-3-4-14(13(9-11)15(17)18-21)20-8-5-12(10-20)19-6-1-2-7-19/h3-4,9,12,21H,1-2,5-8,10H2,(H2,17,18). The topological polar surface area (TPSA) is 65.1 Å². The van der Waals surface area contributed by atoms with Gasteiger partial charge in [0.05, 0.1) is 0 Å². The van der Waals surface area contributed by atoms with Gasteiger partial charge in [0.15, 0.2) is 5.84 Å². The van der Waals surface area contributed by atoms with Gasteiger partial charge in [0.25, 0.3) is 0 Å². The van der Waals surface area contributed by atoms with Crippen molar-refractivity contribution in [2.45, 2.75) is 25.3 Å². The van der Waals surface area contributed by atoms with E-state index in [1.807, 2.05) is 0 Å². The third-order valence-corrected chi connectivity index (χ3v) is 4.50. The second-order valence-corrected chi connectivity index (χ2v) is 5.78. The van der Waals surface area contributed by atoms with Crippen molar-refractivity contribution in [1.29, 1.82) is 0 Å². The molecule has 0 aliphatic carbocycles. The summed E-state index contributed by atoms with van der Waals surface area (Å²) in [5, 5.41) is 11.9. The Morgan fingerprint density at radius 1 is 1.29 bits per heavy atom. The maximum absolute atomic E-state index is 13.4. The lowest BCUT2D eigenvalue weighted by atomic mass is 10.1. The zero-order valence-corrected chi connectivity index (χ0v) is 12.0. The van der Waals surface area contributed by atoms with Crippen LogP contribution in [0.2, 0.25) is 0 Å². The molecule has 2 aliphatic rings. The highest BCUT2D eigenvalue weighted by Gasteiger charge is 2.30. The molecule has 5 nitrogen and oxygen atoms in total. The summed E-state index contributed by atoms with van der Waals surface area (Å²) in [5.41, 5.74) is 6.98. The molecule has 2 heterocycles. The third kappa shape index (κ3) is 2.81. The molecule has 3 rings (SSSR count). The zero-order chi connectivity index (χ0) is 14.8. The molecule has 2 fully saturated rings. The van der Waals surface area contributed by atoms with Crippen LogP contribution in [0.3, 0.4) is 0 Å². The molecule has 1 unspecified atom stereocenters. The van der Waals surface area contributed by atoms with E-state index >= 15 is 0 Å². The van der Waals surface area contributed by atoms with Crippen LogP contribution in [0.5, 0.6) is 0 Å². The number of benzene rings is 1. The molecule has 3 N–H and O–H groups in total. The van der Waals surface area contributed by atoms with Crippen molar-refractivity contribution >= 4 is 11.5 Å². The number of rotatable bonds is 3. The van der Waals surface area contributed by atoms with Crippen molar-refractivity contribution in [1.82, 2.24) is 4.90 Å². The van der Waals surface area contributed by atoms with E-state index in [0.29, 0.717) is 11.6 Å². The Morgan fingerprint density at radius 3 is 2.76 bits per heavy atom. The summed E-state index contributed by atoms with van der Waals surface area (Å²) in [6, 6.07) is 5.02. The molecular weight excluding hydrogens is 271 g/mol. The van der Waals surface area contributed by atoms with Crippen molar-refractivity contribution in [2.75, 3.05) is 31.1 Å². The molecule has 1 aromatic rings. The molecule has 114 valence electrons. The van der Waals surface area contributed by atoms with Crippen LogP contribution in [0.25, 0.3) is 0 Å². The van der Waals surface area contributed by atoms with Gasteiger partial charge in [0.1, 0.15) is 5.82 Å². The van der Waals surface area contributed by atoms with Crippen LogP contribution < -0.4 is 10.6 Å². The molecular formula is C15H21FN4O. The predicted molar refractivity (Wildman–Crippen MR) is 80.3 cm³/mol. The van der Waals surface area contributed by atoms with Crippen LogP contribution in [0, 0.1) is 5.82 Å². The molecule has 1 aromatic carbocycles. The lowest BCUT2D eigenvalue weighted by Gasteiger charge is -2.25. The predicted octanol–water partition coefficient (Wildman–Crippen LogP) is 1.59. The first-order valence-corrected chi connectivity index (χ1v) is 7.45. The zero-order valence-electron chi connectivity index (χ0n) is 12.0. The van der Waals surface area contributed by atoms with Gasteiger partial charge in [-0.05, 0) is 50.6 Å². The van der Waals surface area contributed by atoms with Gasteiger partial charge in [0.2, 0.25) is 0 Å². The number of nitrogens with zero attached hydrogens (tertiary/aromatic N) is 3. The van der Waals surface area contributed by atoms with Crippen molar-refractivity contribution in [3.05, 3.63) is 29.6 Å². The number of hydrogen-bond acceptors (Lipinski definition) is 4. The molecule has 0 amide bonds. The number of oxime groups is 1. The number of nitrogens with two attached hydrogens (primary N) is 1. The number of hydrogen-bond donors (Lipinski definition) is 2. The SMILES string of the molecule is NC(=NO)c1cc(F)ccc1N1CCC(N2CCCC2)C1. The van der Waals surface area contributed by atoms with E-state index in [1.54, 1.807) is 6.07 Å². The van der Waals surface area contributed by atoms with Crippen LogP contribution in [-0.2, 0) is 0 Å². The molecule has 6 heteroatoms. The van der Waals surface area contributed by atoms with E-state index in [9.17, 15) is 4.39 Å². The second-order valence-electron chi connectivity index (χ2n) is 5.78. The van der Waals surface area contributed by atoms with E-state index in [2.05, 4.69) is 15.0 Å². The fourth-order valence-corrected chi connectivity index (χ4v) is 3.41. The minimum absolute atomic E-state index is 0.0471. The summed E-state index contributed by atoms with van der Waals surface area (Å²) >= 11 is 0. The Hall–Kier alpha value is -1.82.